The van der Waals surface area contributed by atoms with Gasteiger partial charge < -0.3 is 24.3 Å². The molecule has 0 aliphatic carbocycles. The van der Waals surface area contributed by atoms with E-state index in [0.717, 1.165) is 0 Å². The number of methoxy groups -OCH3 is 4. The minimum Gasteiger partial charge on any atom is -0.495 e. The quantitative estimate of drug-likeness (QED) is 0.443. The van der Waals surface area contributed by atoms with Crippen molar-refractivity contribution in [2.75, 3.05) is 35.0 Å². The first-order chi connectivity index (χ1) is 13.9. The van der Waals surface area contributed by atoms with Crippen LogP contribution in [-0.4, -0.2) is 45.8 Å². The van der Waals surface area contributed by atoms with Crippen molar-refractivity contribution in [3.8, 4) is 23.0 Å². The first-order valence-corrected chi connectivity index (χ1v) is 9.24. The fourth-order valence-corrected chi connectivity index (χ4v) is 3.25. The lowest BCUT2D eigenvalue weighted by Gasteiger charge is -2.13. The standard InChI is InChI=1S/C19H21BrN2O7/c1-26-14-7-11(13(22(24)25)10-15(14)27-2)5-6-21-19(23)12-8-16(28-3)18(20)17(9-12)29-4/h7-10H,5-6H2,1-4H3,(H,21,23). The molecule has 0 saturated heterocycles. The zero-order valence-corrected chi connectivity index (χ0v) is 18.0. The van der Waals surface area contributed by atoms with Crippen LogP contribution >= 0.6 is 15.9 Å². The normalized spacial score (nSPS) is 10.2. The SMILES string of the molecule is COc1cc(CCNC(=O)c2cc(OC)c(Br)c(OC)c2)c([N+](=O)[O-])cc1OC. The molecule has 0 aliphatic rings. The van der Waals surface area contributed by atoms with Gasteiger partial charge in [0.1, 0.15) is 16.0 Å². The van der Waals surface area contributed by atoms with Crippen LogP contribution in [-0.2, 0) is 6.42 Å². The van der Waals surface area contributed by atoms with E-state index in [9.17, 15) is 14.9 Å². The molecule has 0 fully saturated rings. The Balaban J connectivity index is 2.17. The third kappa shape index (κ3) is 5.08. The average molecular weight is 469 g/mol. The Kier molecular flexibility index (Phi) is 7.66. The number of hydrogen-bond acceptors (Lipinski definition) is 7. The summed E-state index contributed by atoms with van der Waals surface area (Å²) in [5.74, 6) is 1.18. The summed E-state index contributed by atoms with van der Waals surface area (Å²) < 4.78 is 21.4. The van der Waals surface area contributed by atoms with Crippen LogP contribution in [0.5, 0.6) is 23.0 Å². The predicted octanol–water partition coefficient (Wildman–Crippen LogP) is 3.36. The van der Waals surface area contributed by atoms with Gasteiger partial charge in [0.15, 0.2) is 11.5 Å². The third-order valence-electron chi connectivity index (χ3n) is 4.17. The Hall–Kier alpha value is -3.01. The fourth-order valence-electron chi connectivity index (χ4n) is 2.69. The molecule has 156 valence electrons. The predicted molar refractivity (Wildman–Crippen MR) is 109 cm³/mol. The molecule has 9 nitrogen and oxygen atoms in total. The van der Waals surface area contributed by atoms with Crippen LogP contribution in [0.15, 0.2) is 28.7 Å². The van der Waals surface area contributed by atoms with Gasteiger partial charge in [0.2, 0.25) is 0 Å². The highest BCUT2D eigenvalue weighted by Gasteiger charge is 2.20. The number of halogens is 1. The number of hydrogen-bond donors (Lipinski definition) is 1. The molecule has 0 saturated carbocycles. The minimum atomic E-state index is -0.496. The van der Waals surface area contributed by atoms with E-state index in [1.807, 2.05) is 0 Å². The van der Waals surface area contributed by atoms with E-state index in [1.165, 1.54) is 40.6 Å². The van der Waals surface area contributed by atoms with Gasteiger partial charge in [0.05, 0.1) is 39.4 Å². The molecule has 2 aromatic rings. The summed E-state index contributed by atoms with van der Waals surface area (Å²) in [5, 5.41) is 14.1. The lowest BCUT2D eigenvalue weighted by Crippen LogP contribution is -2.26. The lowest BCUT2D eigenvalue weighted by molar-refractivity contribution is -0.385. The summed E-state index contributed by atoms with van der Waals surface area (Å²) >= 11 is 3.35. The topological polar surface area (TPSA) is 109 Å². The Bertz CT molecular complexity index is 893. The highest BCUT2D eigenvalue weighted by Crippen LogP contribution is 2.36. The van der Waals surface area contributed by atoms with Gasteiger partial charge in [-0.05, 0) is 40.5 Å². The smallest absolute Gasteiger partial charge is 0.276 e. The molecule has 10 heteroatoms. The van der Waals surface area contributed by atoms with Crippen LogP contribution in [0.3, 0.4) is 0 Å². The molecule has 1 amide bonds. The van der Waals surface area contributed by atoms with Crippen molar-refractivity contribution >= 4 is 27.5 Å². The number of carbonyl (C=O) groups excluding carboxylic acids is 1. The lowest BCUT2D eigenvalue weighted by atomic mass is 10.1. The van der Waals surface area contributed by atoms with Crippen molar-refractivity contribution in [3.63, 3.8) is 0 Å². The van der Waals surface area contributed by atoms with Crippen LogP contribution in [0.1, 0.15) is 15.9 Å². The van der Waals surface area contributed by atoms with Gasteiger partial charge in [0.25, 0.3) is 11.6 Å². The Labute approximate surface area is 176 Å². The largest absolute Gasteiger partial charge is 0.495 e. The maximum atomic E-state index is 12.5. The van der Waals surface area contributed by atoms with Crippen molar-refractivity contribution < 1.29 is 28.7 Å². The molecule has 0 spiro atoms. The molecule has 0 atom stereocenters. The van der Waals surface area contributed by atoms with Gasteiger partial charge in [0, 0.05) is 17.7 Å². The molecule has 29 heavy (non-hydrogen) atoms. The Morgan fingerprint density at radius 1 is 0.966 bits per heavy atom. The summed E-state index contributed by atoms with van der Waals surface area (Å²) in [5.41, 5.74) is 0.645. The molecular weight excluding hydrogens is 448 g/mol. The second-order valence-corrected chi connectivity index (χ2v) is 6.59. The van der Waals surface area contributed by atoms with Gasteiger partial charge in [-0.3, -0.25) is 14.9 Å². The summed E-state index contributed by atoms with van der Waals surface area (Å²) in [4.78, 5) is 23.4. The zero-order valence-electron chi connectivity index (χ0n) is 16.4. The van der Waals surface area contributed by atoms with Crippen LogP contribution in [0.25, 0.3) is 0 Å². The molecule has 0 aromatic heterocycles. The number of ether oxygens (including phenoxy) is 4. The molecular formula is C19H21BrN2O7. The van der Waals surface area contributed by atoms with Gasteiger partial charge in [-0.25, -0.2) is 0 Å². The second kappa shape index (κ2) is 9.97. The maximum absolute atomic E-state index is 12.5. The van der Waals surface area contributed by atoms with E-state index in [2.05, 4.69) is 21.2 Å². The number of nitrogens with one attached hydrogen (secondary N) is 1. The first kappa shape index (κ1) is 22.3. The fraction of sp³-hybridized carbons (Fsp3) is 0.316. The van der Waals surface area contributed by atoms with Gasteiger partial charge in [-0.2, -0.15) is 0 Å². The van der Waals surface area contributed by atoms with Crippen LogP contribution in [0.2, 0.25) is 0 Å². The van der Waals surface area contributed by atoms with Crippen molar-refractivity contribution in [3.05, 3.63) is 50.0 Å². The molecule has 2 rings (SSSR count). The number of carbonyl (C=O) groups is 1. The Morgan fingerprint density at radius 3 is 1.97 bits per heavy atom. The summed E-state index contributed by atoms with van der Waals surface area (Å²) in [6, 6.07) is 5.98. The molecule has 2 aromatic carbocycles. The van der Waals surface area contributed by atoms with Gasteiger partial charge >= 0.3 is 0 Å². The summed E-state index contributed by atoms with van der Waals surface area (Å²) in [6.45, 7) is 0.176. The highest BCUT2D eigenvalue weighted by molar-refractivity contribution is 9.10. The summed E-state index contributed by atoms with van der Waals surface area (Å²) in [7, 11) is 5.82. The van der Waals surface area contributed by atoms with Crippen molar-refractivity contribution in [2.45, 2.75) is 6.42 Å². The molecule has 1 N–H and O–H groups in total. The number of nitrogens with zero attached hydrogens (tertiary/aromatic N) is 1. The highest BCUT2D eigenvalue weighted by atomic mass is 79.9. The van der Waals surface area contributed by atoms with E-state index in [4.69, 9.17) is 18.9 Å². The average Bonchev–Trinajstić information content (AvgIpc) is 2.72. The van der Waals surface area contributed by atoms with Crippen LogP contribution in [0, 0.1) is 10.1 Å². The van der Waals surface area contributed by atoms with E-state index < -0.39 is 4.92 Å². The number of benzene rings is 2. The van der Waals surface area contributed by atoms with Crippen molar-refractivity contribution in [1.82, 2.24) is 5.32 Å². The number of nitro groups is 1. The molecule has 0 aliphatic heterocycles. The number of rotatable bonds is 9. The van der Waals surface area contributed by atoms with Crippen LogP contribution < -0.4 is 24.3 Å². The zero-order chi connectivity index (χ0) is 21.6. The third-order valence-corrected chi connectivity index (χ3v) is 4.95. The second-order valence-electron chi connectivity index (χ2n) is 5.79. The number of amides is 1. The summed E-state index contributed by atoms with van der Waals surface area (Å²) in [6.07, 6.45) is 0.229. The first-order valence-electron chi connectivity index (χ1n) is 8.45. The number of nitro benzene ring substituents is 1. The molecule has 0 heterocycles. The van der Waals surface area contributed by atoms with Gasteiger partial charge in [-0.15, -0.1) is 0 Å². The van der Waals surface area contributed by atoms with Crippen molar-refractivity contribution in [1.29, 1.82) is 0 Å². The monoisotopic (exact) mass is 468 g/mol. The maximum Gasteiger partial charge on any atom is 0.276 e. The van der Waals surface area contributed by atoms with E-state index in [1.54, 1.807) is 12.1 Å². The minimum absolute atomic E-state index is 0.108. The van der Waals surface area contributed by atoms with E-state index >= 15 is 0 Å². The Morgan fingerprint density at radius 2 is 1.48 bits per heavy atom. The molecule has 0 unspecified atom stereocenters. The van der Waals surface area contributed by atoms with Crippen molar-refractivity contribution in [2.24, 2.45) is 0 Å². The van der Waals surface area contributed by atoms with E-state index in [-0.39, 0.29) is 30.3 Å². The van der Waals surface area contributed by atoms with E-state index in [0.29, 0.717) is 32.8 Å². The van der Waals surface area contributed by atoms with Crippen LogP contribution in [0.4, 0.5) is 5.69 Å². The van der Waals surface area contributed by atoms with Gasteiger partial charge in [-0.1, -0.05) is 0 Å². The molecule has 0 radical (unpaired) electrons. The molecule has 0 bridgehead atoms.